The third kappa shape index (κ3) is 7.38. The first-order chi connectivity index (χ1) is 15.9. The molecule has 6 heteroatoms. The molecule has 0 heterocycles. The summed E-state index contributed by atoms with van der Waals surface area (Å²) in [6.07, 6.45) is 1.000. The number of carbonyl (C=O) groups excluding carboxylic acids is 2. The van der Waals surface area contributed by atoms with E-state index in [0.717, 1.165) is 17.9 Å². The van der Waals surface area contributed by atoms with E-state index < -0.39 is 0 Å². The van der Waals surface area contributed by atoms with Crippen LogP contribution in [-0.2, 0) is 4.79 Å². The van der Waals surface area contributed by atoms with E-state index in [-0.39, 0.29) is 18.4 Å². The molecular formula is C27H31N3O3. The summed E-state index contributed by atoms with van der Waals surface area (Å²) in [7, 11) is 1.74. The average Bonchev–Trinajstić information content (AvgIpc) is 2.83. The second kappa shape index (κ2) is 11.7. The average molecular weight is 446 g/mol. The highest BCUT2D eigenvalue weighted by Crippen LogP contribution is 2.18. The Kier molecular flexibility index (Phi) is 8.47. The van der Waals surface area contributed by atoms with E-state index in [0.29, 0.717) is 29.5 Å². The van der Waals surface area contributed by atoms with Crippen LogP contribution >= 0.6 is 0 Å². The fourth-order valence-electron chi connectivity index (χ4n) is 3.16. The summed E-state index contributed by atoms with van der Waals surface area (Å²) in [4.78, 5) is 26.8. The van der Waals surface area contributed by atoms with E-state index in [2.05, 4.69) is 24.5 Å². The summed E-state index contributed by atoms with van der Waals surface area (Å²) < 4.78 is 5.70. The highest BCUT2D eigenvalue weighted by molar-refractivity contribution is 6.06. The van der Waals surface area contributed by atoms with Gasteiger partial charge >= 0.3 is 0 Å². The van der Waals surface area contributed by atoms with Crippen molar-refractivity contribution in [3.05, 3.63) is 84.4 Å². The van der Waals surface area contributed by atoms with Gasteiger partial charge in [0, 0.05) is 29.7 Å². The van der Waals surface area contributed by atoms with Gasteiger partial charge in [0.05, 0.1) is 13.2 Å². The normalized spacial score (nSPS) is 10.5. The molecule has 2 amide bonds. The van der Waals surface area contributed by atoms with E-state index in [1.165, 1.54) is 0 Å². The van der Waals surface area contributed by atoms with Gasteiger partial charge in [0.25, 0.3) is 5.91 Å². The van der Waals surface area contributed by atoms with Crippen LogP contribution in [0.2, 0.25) is 0 Å². The van der Waals surface area contributed by atoms with Gasteiger partial charge in [0.15, 0.2) is 0 Å². The van der Waals surface area contributed by atoms with Crippen LogP contribution in [0.4, 0.5) is 17.1 Å². The van der Waals surface area contributed by atoms with Crippen molar-refractivity contribution in [1.29, 1.82) is 0 Å². The molecule has 0 saturated carbocycles. The summed E-state index contributed by atoms with van der Waals surface area (Å²) in [5, 5.41) is 5.94. The van der Waals surface area contributed by atoms with E-state index in [1.54, 1.807) is 30.1 Å². The molecule has 6 nitrogen and oxygen atoms in total. The van der Waals surface area contributed by atoms with Gasteiger partial charge in [0.1, 0.15) is 5.75 Å². The van der Waals surface area contributed by atoms with E-state index in [4.69, 9.17) is 4.74 Å². The molecule has 0 bridgehead atoms. The number of nitrogens with one attached hydrogen (secondary N) is 2. The quantitative estimate of drug-likeness (QED) is 0.436. The molecule has 33 heavy (non-hydrogen) atoms. The number of benzene rings is 3. The number of carbonyl (C=O) groups is 2. The molecule has 0 saturated heterocycles. The first-order valence-electron chi connectivity index (χ1n) is 11.1. The number of ether oxygens (including phenoxy) is 1. The van der Waals surface area contributed by atoms with Crippen molar-refractivity contribution >= 4 is 28.9 Å². The fraction of sp³-hybridized carbons (Fsp3) is 0.259. The van der Waals surface area contributed by atoms with Crippen LogP contribution in [0, 0.1) is 5.92 Å². The molecule has 2 N–H and O–H groups in total. The lowest BCUT2D eigenvalue weighted by molar-refractivity contribution is -0.114. The van der Waals surface area contributed by atoms with Crippen LogP contribution in [0.25, 0.3) is 0 Å². The maximum atomic E-state index is 12.8. The Balaban J connectivity index is 1.51. The van der Waals surface area contributed by atoms with Gasteiger partial charge < -0.3 is 20.3 Å². The Labute approximate surface area is 195 Å². The number of amides is 2. The molecule has 0 aromatic heterocycles. The molecule has 172 valence electrons. The largest absolute Gasteiger partial charge is 0.494 e. The molecule has 0 unspecified atom stereocenters. The number of rotatable bonds is 10. The maximum Gasteiger partial charge on any atom is 0.258 e. The standard InChI is InChI=1S/C27H31N3O3/c1-20(2)16-17-33-25-14-12-22(13-15-25)29-26(31)19-28-23-9-7-8-21(18-23)27(32)30(3)24-10-5-4-6-11-24/h4-15,18,20,28H,16-17,19H2,1-3H3,(H,29,31). The van der Waals surface area contributed by atoms with E-state index in [1.807, 2.05) is 60.7 Å². The summed E-state index contributed by atoms with van der Waals surface area (Å²) >= 11 is 0. The van der Waals surface area contributed by atoms with Gasteiger partial charge in [0.2, 0.25) is 5.91 Å². The van der Waals surface area contributed by atoms with Crippen LogP contribution < -0.4 is 20.3 Å². The predicted molar refractivity (Wildman–Crippen MR) is 134 cm³/mol. The predicted octanol–water partition coefficient (Wildman–Crippen LogP) is 5.44. The fourth-order valence-corrected chi connectivity index (χ4v) is 3.16. The zero-order valence-electron chi connectivity index (χ0n) is 19.4. The first kappa shape index (κ1) is 23.9. The molecule has 0 atom stereocenters. The maximum absolute atomic E-state index is 12.8. The van der Waals surface area contributed by atoms with Crippen molar-refractivity contribution in [2.75, 3.05) is 35.7 Å². The van der Waals surface area contributed by atoms with Crippen LogP contribution in [0.1, 0.15) is 30.6 Å². The van der Waals surface area contributed by atoms with E-state index in [9.17, 15) is 9.59 Å². The highest BCUT2D eigenvalue weighted by atomic mass is 16.5. The molecule has 3 aromatic carbocycles. The summed E-state index contributed by atoms with van der Waals surface area (Å²) in [5.41, 5.74) is 2.76. The monoisotopic (exact) mass is 445 g/mol. The number of anilines is 3. The third-order valence-corrected chi connectivity index (χ3v) is 5.11. The minimum atomic E-state index is -0.179. The summed E-state index contributed by atoms with van der Waals surface area (Å²) in [5.74, 6) is 1.08. The Morgan fingerprint density at radius 1 is 0.909 bits per heavy atom. The lowest BCUT2D eigenvalue weighted by atomic mass is 10.1. The van der Waals surface area contributed by atoms with Crippen LogP contribution in [0.5, 0.6) is 5.75 Å². The van der Waals surface area contributed by atoms with Gasteiger partial charge in [-0.25, -0.2) is 0 Å². The van der Waals surface area contributed by atoms with Gasteiger partial charge in [-0.05, 0) is 66.9 Å². The Bertz CT molecular complexity index is 1050. The topological polar surface area (TPSA) is 70.7 Å². The molecule has 3 aromatic rings. The molecule has 0 radical (unpaired) electrons. The second-order valence-corrected chi connectivity index (χ2v) is 8.24. The van der Waals surface area contributed by atoms with Gasteiger partial charge in [-0.3, -0.25) is 9.59 Å². The molecule has 0 fully saturated rings. The smallest absolute Gasteiger partial charge is 0.258 e. The molecular weight excluding hydrogens is 414 g/mol. The van der Waals surface area contributed by atoms with E-state index >= 15 is 0 Å². The van der Waals surface area contributed by atoms with Crippen LogP contribution in [-0.4, -0.2) is 32.0 Å². The SMILES string of the molecule is CC(C)CCOc1ccc(NC(=O)CNc2cccc(C(=O)N(C)c3ccccc3)c2)cc1. The van der Waals surface area contributed by atoms with Crippen molar-refractivity contribution in [2.45, 2.75) is 20.3 Å². The van der Waals surface area contributed by atoms with Crippen molar-refractivity contribution in [3.63, 3.8) is 0 Å². The molecule has 0 spiro atoms. The number of nitrogens with zero attached hydrogens (tertiary/aromatic N) is 1. The first-order valence-corrected chi connectivity index (χ1v) is 11.1. The van der Waals surface area contributed by atoms with Crippen LogP contribution in [0.3, 0.4) is 0 Å². The minimum absolute atomic E-state index is 0.0822. The Morgan fingerprint density at radius 3 is 2.33 bits per heavy atom. The van der Waals surface area contributed by atoms with Gasteiger partial charge in [-0.1, -0.05) is 38.1 Å². The molecule has 0 aliphatic rings. The molecule has 0 aliphatic carbocycles. The minimum Gasteiger partial charge on any atom is -0.494 e. The van der Waals surface area contributed by atoms with Crippen molar-refractivity contribution in [1.82, 2.24) is 0 Å². The highest BCUT2D eigenvalue weighted by Gasteiger charge is 2.14. The number of hydrogen-bond donors (Lipinski definition) is 2. The summed E-state index contributed by atoms with van der Waals surface area (Å²) in [6.45, 7) is 5.08. The van der Waals surface area contributed by atoms with Gasteiger partial charge in [-0.2, -0.15) is 0 Å². The van der Waals surface area contributed by atoms with Crippen molar-refractivity contribution in [2.24, 2.45) is 5.92 Å². The molecule has 0 aliphatic heterocycles. The van der Waals surface area contributed by atoms with Crippen molar-refractivity contribution in [3.8, 4) is 5.75 Å². The number of para-hydroxylation sites is 1. The Hall–Kier alpha value is -3.80. The lowest BCUT2D eigenvalue weighted by Gasteiger charge is -2.18. The third-order valence-electron chi connectivity index (χ3n) is 5.11. The zero-order valence-corrected chi connectivity index (χ0v) is 19.4. The lowest BCUT2D eigenvalue weighted by Crippen LogP contribution is -2.26. The molecule has 3 rings (SSSR count). The zero-order chi connectivity index (χ0) is 23.6. The second-order valence-electron chi connectivity index (χ2n) is 8.24. The Morgan fingerprint density at radius 2 is 1.64 bits per heavy atom. The van der Waals surface area contributed by atoms with Gasteiger partial charge in [-0.15, -0.1) is 0 Å². The number of hydrogen-bond acceptors (Lipinski definition) is 4. The van der Waals surface area contributed by atoms with Crippen molar-refractivity contribution < 1.29 is 14.3 Å². The van der Waals surface area contributed by atoms with Crippen LogP contribution in [0.15, 0.2) is 78.9 Å². The summed E-state index contributed by atoms with van der Waals surface area (Å²) in [6, 6.07) is 23.9.